The number of rotatable bonds is 9. The van der Waals surface area contributed by atoms with Crippen LogP contribution in [0.1, 0.15) is 76.6 Å². The van der Waals surface area contributed by atoms with E-state index < -0.39 is 0 Å². The number of hydrogen-bond acceptors (Lipinski definition) is 2. The van der Waals surface area contributed by atoms with Gasteiger partial charge in [0, 0.05) is 30.1 Å². The average molecular weight is 379 g/mol. The summed E-state index contributed by atoms with van der Waals surface area (Å²) < 4.78 is 2.12. The zero-order chi connectivity index (χ0) is 19.9. The summed E-state index contributed by atoms with van der Waals surface area (Å²) in [6, 6.07) is 8.95. The van der Waals surface area contributed by atoms with E-state index in [-0.39, 0.29) is 0 Å². The smallest absolute Gasteiger partial charge is 0.116 e. The normalized spacial score (nSPS) is 16.5. The van der Waals surface area contributed by atoms with Gasteiger partial charge in [-0.15, -0.1) is 0 Å². The Morgan fingerprint density at radius 2 is 2.07 bits per heavy atom. The molecule has 1 atom stereocenters. The first-order valence-corrected chi connectivity index (χ1v) is 10.7. The summed E-state index contributed by atoms with van der Waals surface area (Å²) in [7, 11) is 0. The van der Waals surface area contributed by atoms with E-state index >= 15 is 0 Å². The molecule has 150 valence electrons. The van der Waals surface area contributed by atoms with Crippen molar-refractivity contribution in [3.63, 3.8) is 0 Å². The van der Waals surface area contributed by atoms with Crippen molar-refractivity contribution in [1.29, 1.82) is 0 Å². The van der Waals surface area contributed by atoms with E-state index in [1.165, 1.54) is 49.7 Å². The van der Waals surface area contributed by atoms with Gasteiger partial charge in [-0.2, -0.15) is 0 Å². The molecule has 28 heavy (non-hydrogen) atoms. The van der Waals surface area contributed by atoms with Crippen LogP contribution in [0.3, 0.4) is 0 Å². The minimum absolute atomic E-state index is 0.556. The van der Waals surface area contributed by atoms with E-state index in [0.29, 0.717) is 11.8 Å². The minimum Gasteiger partial charge on any atom is -0.387 e. The molecule has 0 radical (unpaired) electrons. The van der Waals surface area contributed by atoms with Crippen LogP contribution in [0.25, 0.3) is 17.5 Å². The predicted octanol–water partition coefficient (Wildman–Crippen LogP) is 5.99. The molecule has 0 amide bonds. The highest BCUT2D eigenvalue weighted by molar-refractivity contribution is 5.78. The van der Waals surface area contributed by atoms with Crippen LogP contribution in [0.5, 0.6) is 0 Å². The number of benzene rings is 1. The van der Waals surface area contributed by atoms with E-state index in [4.69, 9.17) is 10.7 Å². The summed E-state index contributed by atoms with van der Waals surface area (Å²) in [4.78, 5) is 9.14. The molecule has 0 spiro atoms. The lowest BCUT2D eigenvalue weighted by Gasteiger charge is -2.24. The molecule has 2 N–H and O–H groups in total. The molecule has 1 unspecified atom stereocenters. The summed E-state index contributed by atoms with van der Waals surface area (Å²) in [5.74, 6) is 3.00. The second-order valence-electron chi connectivity index (χ2n) is 8.24. The zero-order valence-corrected chi connectivity index (χ0v) is 17.6. The molecule has 3 rings (SSSR count). The number of amidine groups is 1. The number of unbranched alkanes of at least 4 members (excludes halogenated alkanes) is 1. The topological polar surface area (TPSA) is 56.2 Å². The fraction of sp³-hybridized carbons (Fsp3) is 0.500. The molecule has 1 aliphatic carbocycles. The highest BCUT2D eigenvalue weighted by Crippen LogP contribution is 2.37. The Morgan fingerprint density at radius 3 is 2.68 bits per heavy atom. The fourth-order valence-corrected chi connectivity index (χ4v) is 3.73. The van der Waals surface area contributed by atoms with E-state index in [1.54, 1.807) is 13.1 Å². The largest absolute Gasteiger partial charge is 0.387 e. The van der Waals surface area contributed by atoms with Crippen LogP contribution in [0.15, 0.2) is 41.7 Å². The van der Waals surface area contributed by atoms with Crippen LogP contribution in [0, 0.1) is 5.92 Å². The summed E-state index contributed by atoms with van der Waals surface area (Å²) in [6.07, 6.45) is 14.6. The molecule has 0 saturated heterocycles. The van der Waals surface area contributed by atoms with Crippen molar-refractivity contribution in [1.82, 2.24) is 9.55 Å². The van der Waals surface area contributed by atoms with Crippen molar-refractivity contribution >= 4 is 12.0 Å². The third kappa shape index (κ3) is 5.34. The molecule has 1 aromatic heterocycles. The van der Waals surface area contributed by atoms with Crippen LogP contribution < -0.4 is 5.73 Å². The first kappa shape index (κ1) is 20.4. The summed E-state index contributed by atoms with van der Waals surface area (Å²) in [5, 5.41) is 0. The van der Waals surface area contributed by atoms with Gasteiger partial charge in [-0.05, 0) is 37.7 Å². The summed E-state index contributed by atoms with van der Waals surface area (Å²) >= 11 is 0. The predicted molar refractivity (Wildman–Crippen MR) is 119 cm³/mol. The second-order valence-corrected chi connectivity index (χ2v) is 8.24. The number of nitrogens with two attached hydrogens (primary N) is 1. The third-order valence-corrected chi connectivity index (χ3v) is 5.62. The van der Waals surface area contributed by atoms with Crippen LogP contribution in [0.4, 0.5) is 0 Å². The van der Waals surface area contributed by atoms with Crippen molar-refractivity contribution in [3.05, 3.63) is 48.1 Å². The third-order valence-electron chi connectivity index (χ3n) is 5.62. The summed E-state index contributed by atoms with van der Waals surface area (Å²) in [5.41, 5.74) is 9.26. The Bertz CT molecular complexity index is 806. The zero-order valence-electron chi connectivity index (χ0n) is 17.6. The summed E-state index contributed by atoms with van der Waals surface area (Å²) in [6.45, 7) is 6.41. The van der Waals surface area contributed by atoms with Crippen molar-refractivity contribution in [2.75, 3.05) is 0 Å². The molecular weight excluding hydrogens is 344 g/mol. The van der Waals surface area contributed by atoms with E-state index in [2.05, 4.69) is 53.9 Å². The minimum atomic E-state index is 0.556. The molecule has 0 bridgehead atoms. The second kappa shape index (κ2) is 9.72. The molecule has 1 saturated carbocycles. The molecule has 1 aromatic carbocycles. The standard InChI is InChI=1S/C24H34N4/c1-4-5-7-18(2)16-20-10-12-21(13-11-20)23-17-28(15-14-26-19(3)25)24(27-23)22-8-6-9-22/h10-15,17-18,22H,4-9,16H2,1-3H3,(H2,25,26)/b15-14-. The lowest BCUT2D eigenvalue weighted by Crippen LogP contribution is -2.13. The SMILES string of the molecule is CCCCC(C)Cc1ccc(-c2cn(/C=C\N=C(C)N)c(C3CCC3)n2)cc1. The van der Waals surface area contributed by atoms with Crippen molar-refractivity contribution in [3.8, 4) is 11.3 Å². The van der Waals surface area contributed by atoms with Gasteiger partial charge in [0.05, 0.1) is 11.5 Å². The molecule has 1 aliphatic rings. The lowest BCUT2D eigenvalue weighted by molar-refractivity contribution is 0.399. The Kier molecular flexibility index (Phi) is 7.07. The van der Waals surface area contributed by atoms with E-state index in [1.807, 2.05) is 6.20 Å². The van der Waals surface area contributed by atoms with Gasteiger partial charge in [-0.1, -0.05) is 63.8 Å². The van der Waals surface area contributed by atoms with Gasteiger partial charge in [-0.3, -0.25) is 0 Å². The number of aromatic nitrogens is 2. The maximum atomic E-state index is 5.64. The monoisotopic (exact) mass is 378 g/mol. The quantitative estimate of drug-likeness (QED) is 0.430. The van der Waals surface area contributed by atoms with Crippen molar-refractivity contribution in [2.45, 2.75) is 71.6 Å². The van der Waals surface area contributed by atoms with Crippen molar-refractivity contribution < 1.29 is 0 Å². The molecule has 1 fully saturated rings. The van der Waals surface area contributed by atoms with Gasteiger partial charge in [0.15, 0.2) is 0 Å². The Labute approximate surface area is 169 Å². The Morgan fingerprint density at radius 1 is 1.32 bits per heavy atom. The van der Waals surface area contributed by atoms with Gasteiger partial charge in [0.2, 0.25) is 0 Å². The van der Waals surface area contributed by atoms with Crippen LogP contribution in [-0.2, 0) is 6.42 Å². The lowest BCUT2D eigenvalue weighted by atomic mass is 9.85. The molecule has 0 aliphatic heterocycles. The van der Waals surface area contributed by atoms with Gasteiger partial charge in [0.25, 0.3) is 0 Å². The van der Waals surface area contributed by atoms with E-state index in [0.717, 1.165) is 23.9 Å². The van der Waals surface area contributed by atoms with Gasteiger partial charge < -0.3 is 10.3 Å². The molecule has 1 heterocycles. The Balaban J connectivity index is 1.76. The van der Waals surface area contributed by atoms with Crippen LogP contribution in [-0.4, -0.2) is 15.4 Å². The van der Waals surface area contributed by atoms with Crippen molar-refractivity contribution in [2.24, 2.45) is 16.6 Å². The Hall–Kier alpha value is -2.36. The van der Waals surface area contributed by atoms with Gasteiger partial charge in [-0.25, -0.2) is 9.98 Å². The average Bonchev–Trinajstić information content (AvgIpc) is 3.02. The fourth-order valence-electron chi connectivity index (χ4n) is 3.73. The molecule has 2 aromatic rings. The highest BCUT2D eigenvalue weighted by atomic mass is 15.1. The van der Waals surface area contributed by atoms with Crippen LogP contribution in [0.2, 0.25) is 0 Å². The molecule has 4 heteroatoms. The van der Waals surface area contributed by atoms with E-state index in [9.17, 15) is 0 Å². The number of aliphatic imine (C=N–C) groups is 1. The maximum Gasteiger partial charge on any atom is 0.116 e. The number of nitrogens with zero attached hydrogens (tertiary/aromatic N) is 3. The first-order chi connectivity index (χ1) is 13.6. The van der Waals surface area contributed by atoms with Gasteiger partial charge in [0.1, 0.15) is 5.82 Å². The van der Waals surface area contributed by atoms with Crippen LogP contribution >= 0.6 is 0 Å². The van der Waals surface area contributed by atoms with Gasteiger partial charge >= 0.3 is 0 Å². The first-order valence-electron chi connectivity index (χ1n) is 10.7. The highest BCUT2D eigenvalue weighted by Gasteiger charge is 2.24. The number of hydrogen-bond donors (Lipinski definition) is 1. The molecular formula is C24H34N4. The maximum absolute atomic E-state index is 5.64. The number of imidazole rings is 1. The molecule has 4 nitrogen and oxygen atoms in total.